The molecule has 2 aliphatic heterocycles. The van der Waals surface area contributed by atoms with Crippen LogP contribution in [0.15, 0.2) is 18.2 Å². The summed E-state index contributed by atoms with van der Waals surface area (Å²) in [6.07, 6.45) is -0.451. The summed E-state index contributed by atoms with van der Waals surface area (Å²) in [5.74, 6) is -0.370. The minimum Gasteiger partial charge on any atom is -0.494 e. The van der Waals surface area contributed by atoms with Crippen LogP contribution in [0, 0.1) is 11.3 Å². The first-order chi connectivity index (χ1) is 11.2. The average Bonchev–Trinajstić information content (AvgIpc) is 3.02. The fourth-order valence-electron chi connectivity index (χ4n) is 4.01. The van der Waals surface area contributed by atoms with Crippen LogP contribution < -0.4 is 0 Å². The van der Waals surface area contributed by atoms with Gasteiger partial charge in [-0.25, -0.2) is 0 Å². The smallest absolute Gasteiger partial charge is 0.205 e. The summed E-state index contributed by atoms with van der Waals surface area (Å²) in [5, 5.41) is 41.2. The van der Waals surface area contributed by atoms with Gasteiger partial charge < -0.3 is 20.1 Å². The van der Waals surface area contributed by atoms with Crippen LogP contribution in [0.2, 0.25) is 5.02 Å². The molecule has 3 atom stereocenters. The van der Waals surface area contributed by atoms with Crippen molar-refractivity contribution < 1.29 is 20.1 Å². The Balaban J connectivity index is 2.00. The molecule has 24 heavy (non-hydrogen) atoms. The zero-order valence-electron chi connectivity index (χ0n) is 13.0. The molecule has 3 N–H and O–H groups in total. The van der Waals surface area contributed by atoms with Crippen LogP contribution in [0.1, 0.15) is 37.0 Å². The molecule has 0 spiro atoms. The van der Waals surface area contributed by atoms with E-state index in [4.69, 9.17) is 21.6 Å². The van der Waals surface area contributed by atoms with E-state index >= 15 is 0 Å². The highest BCUT2D eigenvalue weighted by Crippen LogP contribution is 2.64. The SMILES string of the molecule is C[C@@]12O[C@@](C)(C[C@@H]1O)c1c2c(O)n(-c2ccc(Cl)c(C#N)c2)c1O. The van der Waals surface area contributed by atoms with E-state index in [2.05, 4.69) is 0 Å². The van der Waals surface area contributed by atoms with Crippen LogP contribution in [0.4, 0.5) is 0 Å². The number of halogens is 1. The van der Waals surface area contributed by atoms with Gasteiger partial charge in [-0.2, -0.15) is 5.26 Å². The Hall–Kier alpha value is -2.20. The van der Waals surface area contributed by atoms with E-state index in [9.17, 15) is 15.3 Å². The fraction of sp³-hybridized carbons (Fsp3) is 0.353. The number of aliphatic hydroxyl groups is 1. The van der Waals surface area contributed by atoms with E-state index in [0.29, 0.717) is 23.2 Å². The van der Waals surface area contributed by atoms with Crippen LogP contribution in [-0.4, -0.2) is 26.0 Å². The zero-order valence-corrected chi connectivity index (χ0v) is 13.8. The van der Waals surface area contributed by atoms with Gasteiger partial charge in [0.15, 0.2) is 0 Å². The number of hydrogen-bond donors (Lipinski definition) is 3. The van der Waals surface area contributed by atoms with Crippen molar-refractivity contribution in [3.05, 3.63) is 39.9 Å². The number of benzene rings is 1. The van der Waals surface area contributed by atoms with Gasteiger partial charge in [0.1, 0.15) is 11.7 Å². The maximum Gasteiger partial charge on any atom is 0.205 e. The van der Waals surface area contributed by atoms with Gasteiger partial charge in [-0.3, -0.25) is 4.57 Å². The van der Waals surface area contributed by atoms with Gasteiger partial charge in [-0.05, 0) is 32.0 Å². The second kappa shape index (κ2) is 4.45. The summed E-state index contributed by atoms with van der Waals surface area (Å²) in [4.78, 5) is 0. The first-order valence-electron chi connectivity index (χ1n) is 7.49. The molecule has 2 bridgehead atoms. The van der Waals surface area contributed by atoms with Gasteiger partial charge in [0.2, 0.25) is 11.8 Å². The van der Waals surface area contributed by atoms with E-state index in [1.807, 2.05) is 6.07 Å². The number of aliphatic hydroxyl groups excluding tert-OH is 1. The first-order valence-corrected chi connectivity index (χ1v) is 7.86. The molecule has 1 saturated heterocycles. The number of aromatic hydroxyl groups is 2. The third-order valence-corrected chi connectivity index (χ3v) is 5.46. The van der Waals surface area contributed by atoms with Crippen molar-refractivity contribution in [1.29, 1.82) is 5.26 Å². The van der Waals surface area contributed by atoms with Crippen molar-refractivity contribution in [1.82, 2.24) is 4.57 Å². The van der Waals surface area contributed by atoms with Gasteiger partial charge in [-0.15, -0.1) is 0 Å². The summed E-state index contributed by atoms with van der Waals surface area (Å²) < 4.78 is 7.18. The minimum absolute atomic E-state index is 0.160. The molecule has 1 aromatic carbocycles. The molecule has 0 unspecified atom stereocenters. The lowest BCUT2D eigenvalue weighted by Crippen LogP contribution is -2.32. The van der Waals surface area contributed by atoms with E-state index in [0.717, 1.165) is 0 Å². The van der Waals surface area contributed by atoms with Crippen molar-refractivity contribution in [3.8, 4) is 23.5 Å². The molecule has 1 fully saturated rings. The van der Waals surface area contributed by atoms with Crippen molar-refractivity contribution in [3.63, 3.8) is 0 Å². The molecular weight excluding hydrogens is 332 g/mol. The van der Waals surface area contributed by atoms with Gasteiger partial charge in [0.25, 0.3) is 0 Å². The molecule has 7 heteroatoms. The Morgan fingerprint density at radius 1 is 1.29 bits per heavy atom. The Bertz CT molecular complexity index is 932. The number of rotatable bonds is 1. The quantitative estimate of drug-likeness (QED) is 0.737. The second-order valence-electron chi connectivity index (χ2n) is 6.67. The Morgan fingerprint density at radius 3 is 2.62 bits per heavy atom. The largest absolute Gasteiger partial charge is 0.494 e. The van der Waals surface area contributed by atoms with E-state index in [1.54, 1.807) is 19.9 Å². The molecule has 1 aromatic heterocycles. The van der Waals surface area contributed by atoms with E-state index in [-0.39, 0.29) is 22.3 Å². The van der Waals surface area contributed by atoms with Crippen molar-refractivity contribution >= 4 is 11.6 Å². The van der Waals surface area contributed by atoms with Crippen LogP contribution in [0.25, 0.3) is 5.69 Å². The topological polar surface area (TPSA) is 98.6 Å². The number of nitriles is 1. The Labute approximate surface area is 143 Å². The highest BCUT2D eigenvalue weighted by molar-refractivity contribution is 6.31. The highest BCUT2D eigenvalue weighted by atomic mass is 35.5. The van der Waals surface area contributed by atoms with Gasteiger partial charge in [-0.1, -0.05) is 11.6 Å². The standard InChI is InChI=1S/C17H15ClN2O4/c1-16-6-11(21)17(2,24-16)13-12(16)14(22)20(15(13)23)9-3-4-10(18)8(5-9)7-19/h3-5,11,21-23H,6H2,1-2H3/t11-,16-,17+/m0/s1. The number of nitrogens with zero attached hydrogens (tertiary/aromatic N) is 2. The summed E-state index contributed by atoms with van der Waals surface area (Å²) in [6, 6.07) is 6.59. The third kappa shape index (κ3) is 1.62. The molecule has 0 saturated carbocycles. The third-order valence-electron chi connectivity index (χ3n) is 5.13. The average molecular weight is 347 g/mol. The van der Waals surface area contributed by atoms with Crippen molar-refractivity contribution in [2.45, 2.75) is 37.6 Å². The predicted octanol–water partition coefficient (Wildman–Crippen LogP) is 2.64. The number of fused-ring (bicyclic) bond motifs is 5. The first kappa shape index (κ1) is 15.3. The van der Waals surface area contributed by atoms with Crippen LogP contribution in [0.5, 0.6) is 11.8 Å². The van der Waals surface area contributed by atoms with Crippen LogP contribution in [0.3, 0.4) is 0 Å². The highest BCUT2D eigenvalue weighted by Gasteiger charge is 2.64. The molecule has 0 aliphatic carbocycles. The minimum atomic E-state index is -1.08. The molecule has 4 rings (SSSR count). The number of ether oxygens (including phenoxy) is 1. The van der Waals surface area contributed by atoms with Crippen molar-refractivity contribution in [2.24, 2.45) is 0 Å². The Kier molecular flexibility index (Phi) is 2.84. The fourth-order valence-corrected chi connectivity index (χ4v) is 4.17. The summed E-state index contributed by atoms with van der Waals surface area (Å²) in [7, 11) is 0. The summed E-state index contributed by atoms with van der Waals surface area (Å²) >= 11 is 5.95. The maximum absolute atomic E-state index is 10.7. The zero-order chi connectivity index (χ0) is 17.4. The molecule has 2 aliphatic rings. The molecule has 2 aromatic rings. The lowest BCUT2D eigenvalue weighted by Gasteiger charge is -2.25. The molecule has 0 amide bonds. The van der Waals surface area contributed by atoms with Gasteiger partial charge >= 0.3 is 0 Å². The molecule has 6 nitrogen and oxygen atoms in total. The monoisotopic (exact) mass is 346 g/mol. The van der Waals surface area contributed by atoms with Crippen molar-refractivity contribution in [2.75, 3.05) is 0 Å². The maximum atomic E-state index is 10.7. The summed E-state index contributed by atoms with van der Waals surface area (Å²) in [5.41, 5.74) is -0.460. The molecule has 0 radical (unpaired) electrons. The van der Waals surface area contributed by atoms with Gasteiger partial charge in [0, 0.05) is 6.42 Å². The molecule has 124 valence electrons. The van der Waals surface area contributed by atoms with E-state index < -0.39 is 17.3 Å². The van der Waals surface area contributed by atoms with Crippen LogP contribution in [-0.2, 0) is 15.9 Å². The lowest BCUT2D eigenvalue weighted by molar-refractivity contribution is -0.0936. The number of aromatic nitrogens is 1. The lowest BCUT2D eigenvalue weighted by atomic mass is 9.78. The normalized spacial score (nSPS) is 30.4. The molecular formula is C17H15ClN2O4. The molecule has 3 heterocycles. The summed E-state index contributed by atoms with van der Waals surface area (Å²) in [6.45, 7) is 3.47. The van der Waals surface area contributed by atoms with E-state index in [1.165, 1.54) is 16.7 Å². The number of hydrogen-bond acceptors (Lipinski definition) is 5. The second-order valence-corrected chi connectivity index (χ2v) is 7.08. The van der Waals surface area contributed by atoms with Gasteiger partial charge in [0.05, 0.1) is 39.1 Å². The Morgan fingerprint density at radius 2 is 1.96 bits per heavy atom. The van der Waals surface area contributed by atoms with Crippen LogP contribution >= 0.6 is 11.6 Å². The predicted molar refractivity (Wildman–Crippen MR) is 85.2 cm³/mol.